The molecule has 2 rings (SSSR count). The van der Waals surface area contributed by atoms with E-state index >= 15 is 0 Å². The lowest BCUT2D eigenvalue weighted by Crippen LogP contribution is -1.82. The largest absolute Gasteiger partial charge is 0.507 e. The average molecular weight is 311 g/mol. The van der Waals surface area contributed by atoms with E-state index in [1.807, 2.05) is 31.2 Å². The smallest absolute Gasteiger partial charge is 0.141 e. The first-order valence-electron chi connectivity index (χ1n) is 5.05. The fraction of sp³-hybridized carbons (Fsp3) is 0.0769. The molecule has 0 amide bonds. The highest BCUT2D eigenvalue weighted by atomic mass is 79.9. The Balaban J connectivity index is 2.02. The normalized spacial score (nSPS) is 10.2. The topological polar surface area (TPSA) is 29.5 Å². The van der Waals surface area contributed by atoms with Crippen molar-refractivity contribution in [1.82, 2.24) is 0 Å². The van der Waals surface area contributed by atoms with Crippen molar-refractivity contribution in [2.24, 2.45) is 0 Å². The molecule has 0 fully saturated rings. The molecule has 0 spiro atoms. The van der Waals surface area contributed by atoms with Gasteiger partial charge >= 0.3 is 0 Å². The van der Waals surface area contributed by atoms with Gasteiger partial charge in [0, 0.05) is 11.0 Å². The van der Waals surface area contributed by atoms with Gasteiger partial charge in [0.2, 0.25) is 0 Å². The van der Waals surface area contributed by atoms with Crippen LogP contribution in [0.1, 0.15) is 5.56 Å². The third-order valence-electron chi connectivity index (χ3n) is 2.17. The zero-order chi connectivity index (χ0) is 12.3. The van der Waals surface area contributed by atoms with Crippen LogP contribution in [0.25, 0.3) is 0 Å². The maximum atomic E-state index is 9.50. The van der Waals surface area contributed by atoms with Crippen molar-refractivity contribution in [2.75, 3.05) is 0 Å². The SMILES string of the molecule is Cc1ccc(SOc2ccc(Br)c(O)c2)cc1. The van der Waals surface area contributed by atoms with Crippen LogP contribution < -0.4 is 4.18 Å². The molecule has 0 bridgehead atoms. The van der Waals surface area contributed by atoms with Crippen molar-refractivity contribution in [3.05, 3.63) is 52.5 Å². The van der Waals surface area contributed by atoms with Crippen LogP contribution in [0.3, 0.4) is 0 Å². The summed E-state index contributed by atoms with van der Waals surface area (Å²) in [5, 5.41) is 9.50. The van der Waals surface area contributed by atoms with Crippen molar-refractivity contribution < 1.29 is 9.29 Å². The van der Waals surface area contributed by atoms with Gasteiger partial charge in [-0.2, -0.15) is 0 Å². The van der Waals surface area contributed by atoms with Gasteiger partial charge in [0.1, 0.15) is 11.5 Å². The summed E-state index contributed by atoms with van der Waals surface area (Å²) in [6, 6.07) is 13.2. The zero-order valence-electron chi connectivity index (χ0n) is 9.18. The van der Waals surface area contributed by atoms with Crippen LogP contribution in [-0.2, 0) is 0 Å². The molecule has 0 aliphatic heterocycles. The number of rotatable bonds is 3. The predicted octanol–water partition coefficient (Wildman–Crippen LogP) is 4.55. The number of hydrogen-bond donors (Lipinski definition) is 1. The molecule has 1 N–H and O–H groups in total. The molecule has 17 heavy (non-hydrogen) atoms. The van der Waals surface area contributed by atoms with Crippen molar-refractivity contribution in [3.63, 3.8) is 0 Å². The minimum Gasteiger partial charge on any atom is -0.507 e. The van der Waals surface area contributed by atoms with Gasteiger partial charge in [-0.05, 0) is 47.1 Å². The van der Waals surface area contributed by atoms with Gasteiger partial charge in [-0.3, -0.25) is 0 Å². The maximum absolute atomic E-state index is 9.50. The van der Waals surface area contributed by atoms with Gasteiger partial charge in [-0.25, -0.2) is 0 Å². The van der Waals surface area contributed by atoms with E-state index in [4.69, 9.17) is 4.18 Å². The van der Waals surface area contributed by atoms with Crippen LogP contribution in [0.15, 0.2) is 51.8 Å². The van der Waals surface area contributed by atoms with E-state index in [2.05, 4.69) is 15.9 Å². The highest BCUT2D eigenvalue weighted by Crippen LogP contribution is 2.31. The summed E-state index contributed by atoms with van der Waals surface area (Å²) in [6.07, 6.45) is 0. The summed E-state index contributed by atoms with van der Waals surface area (Å²) in [6.45, 7) is 2.04. The van der Waals surface area contributed by atoms with Gasteiger partial charge in [-0.15, -0.1) is 0 Å². The number of aryl methyl sites for hydroxylation is 1. The molecule has 88 valence electrons. The Morgan fingerprint density at radius 2 is 1.82 bits per heavy atom. The maximum Gasteiger partial charge on any atom is 0.141 e. The van der Waals surface area contributed by atoms with Crippen LogP contribution in [0.5, 0.6) is 11.5 Å². The Labute approximate surface area is 113 Å². The van der Waals surface area contributed by atoms with Crippen molar-refractivity contribution in [2.45, 2.75) is 11.8 Å². The van der Waals surface area contributed by atoms with Gasteiger partial charge in [0.05, 0.1) is 16.5 Å². The lowest BCUT2D eigenvalue weighted by atomic mass is 10.2. The summed E-state index contributed by atoms with van der Waals surface area (Å²) < 4.78 is 6.16. The number of phenols is 1. The van der Waals surface area contributed by atoms with Crippen molar-refractivity contribution in [3.8, 4) is 11.5 Å². The Hall–Kier alpha value is -1.13. The molecule has 2 nitrogen and oxygen atoms in total. The summed E-state index contributed by atoms with van der Waals surface area (Å²) in [5.41, 5.74) is 1.22. The third-order valence-corrected chi connectivity index (χ3v) is 3.58. The number of benzene rings is 2. The van der Waals surface area contributed by atoms with Gasteiger partial charge in [-0.1, -0.05) is 17.7 Å². The summed E-state index contributed by atoms with van der Waals surface area (Å²) in [4.78, 5) is 1.03. The first-order valence-corrected chi connectivity index (χ1v) is 6.58. The molecule has 0 unspecified atom stereocenters. The van der Waals surface area contributed by atoms with E-state index in [1.54, 1.807) is 18.2 Å². The van der Waals surface area contributed by atoms with E-state index in [1.165, 1.54) is 17.6 Å². The summed E-state index contributed by atoms with van der Waals surface area (Å²) in [5.74, 6) is 0.795. The van der Waals surface area contributed by atoms with Gasteiger partial charge in [0.25, 0.3) is 0 Å². The molecular weight excluding hydrogens is 300 g/mol. The van der Waals surface area contributed by atoms with E-state index < -0.39 is 0 Å². The number of phenolic OH excluding ortho intramolecular Hbond substituents is 1. The molecule has 0 aromatic heterocycles. The first kappa shape index (κ1) is 12.3. The second-order valence-corrected chi connectivity index (χ2v) is 5.25. The van der Waals surface area contributed by atoms with Crippen LogP contribution in [0.2, 0.25) is 0 Å². The molecule has 0 atom stereocenters. The van der Waals surface area contributed by atoms with E-state index in [0.29, 0.717) is 10.2 Å². The van der Waals surface area contributed by atoms with Gasteiger partial charge < -0.3 is 9.29 Å². The molecule has 0 heterocycles. The van der Waals surface area contributed by atoms with E-state index in [0.717, 1.165) is 4.90 Å². The number of halogens is 1. The van der Waals surface area contributed by atoms with E-state index in [-0.39, 0.29) is 5.75 Å². The van der Waals surface area contributed by atoms with Gasteiger partial charge in [0.15, 0.2) is 0 Å². The molecule has 0 aliphatic carbocycles. The second kappa shape index (κ2) is 5.47. The quantitative estimate of drug-likeness (QED) is 0.843. The molecule has 0 aliphatic rings. The van der Waals surface area contributed by atoms with Crippen LogP contribution in [-0.4, -0.2) is 5.11 Å². The van der Waals surface area contributed by atoms with E-state index in [9.17, 15) is 5.11 Å². The minimum absolute atomic E-state index is 0.173. The van der Waals surface area contributed by atoms with Crippen LogP contribution in [0, 0.1) is 6.92 Å². The van der Waals surface area contributed by atoms with Crippen molar-refractivity contribution in [1.29, 1.82) is 0 Å². The number of hydrogen-bond acceptors (Lipinski definition) is 3. The zero-order valence-corrected chi connectivity index (χ0v) is 11.6. The molecular formula is C13H11BrO2S. The monoisotopic (exact) mass is 310 g/mol. The number of aromatic hydroxyl groups is 1. The highest BCUT2D eigenvalue weighted by molar-refractivity contribution is 9.10. The van der Waals surface area contributed by atoms with Crippen LogP contribution in [0.4, 0.5) is 0 Å². The highest BCUT2D eigenvalue weighted by Gasteiger charge is 2.02. The van der Waals surface area contributed by atoms with Crippen molar-refractivity contribution >= 4 is 28.0 Å². The van der Waals surface area contributed by atoms with Crippen LogP contribution >= 0.6 is 28.0 Å². The predicted molar refractivity (Wildman–Crippen MR) is 73.5 cm³/mol. The summed E-state index contributed by atoms with van der Waals surface area (Å²) >= 11 is 4.49. The third kappa shape index (κ3) is 3.41. The Bertz CT molecular complexity index is 511. The molecule has 0 saturated heterocycles. The molecule has 0 saturated carbocycles. The lowest BCUT2D eigenvalue weighted by molar-refractivity contribution is 0.468. The second-order valence-electron chi connectivity index (χ2n) is 3.59. The first-order chi connectivity index (χ1) is 8.15. The molecule has 4 heteroatoms. The Morgan fingerprint density at radius 3 is 2.47 bits per heavy atom. The fourth-order valence-electron chi connectivity index (χ4n) is 1.23. The Kier molecular flexibility index (Phi) is 3.97. The Morgan fingerprint density at radius 1 is 1.12 bits per heavy atom. The minimum atomic E-state index is 0.173. The molecule has 2 aromatic carbocycles. The molecule has 0 radical (unpaired) electrons. The fourth-order valence-corrected chi connectivity index (χ4v) is 2.02. The summed E-state index contributed by atoms with van der Waals surface area (Å²) in [7, 11) is 0. The standard InChI is InChI=1S/C13H11BrO2S/c1-9-2-5-11(6-3-9)17-16-10-4-7-12(14)13(15)8-10/h2-8,15H,1H3. The lowest BCUT2D eigenvalue weighted by Gasteiger charge is -2.05. The average Bonchev–Trinajstić information content (AvgIpc) is 2.33. The molecule has 2 aromatic rings.